The monoisotopic (exact) mass is 363 g/mol. The minimum Gasteiger partial charge on any atom is -0.483 e. The summed E-state index contributed by atoms with van der Waals surface area (Å²) in [4.78, 5) is 13.5. The van der Waals surface area contributed by atoms with Crippen LogP contribution in [0.2, 0.25) is 5.02 Å². The van der Waals surface area contributed by atoms with Crippen LogP contribution in [0, 0.1) is 0 Å². The number of nitrogens with zero attached hydrogens (tertiary/aromatic N) is 1. The van der Waals surface area contributed by atoms with E-state index in [1.165, 1.54) is 0 Å². The van der Waals surface area contributed by atoms with Gasteiger partial charge in [0.2, 0.25) is 0 Å². The Labute approximate surface area is 132 Å². The third kappa shape index (κ3) is 6.11. The van der Waals surface area contributed by atoms with Gasteiger partial charge in [0.05, 0.1) is 4.47 Å². The third-order valence-corrected chi connectivity index (χ3v) is 3.68. The highest BCUT2D eigenvalue weighted by Gasteiger charge is 2.10. The van der Waals surface area contributed by atoms with E-state index < -0.39 is 0 Å². The van der Waals surface area contributed by atoms with Gasteiger partial charge in [-0.25, -0.2) is 0 Å². The Bertz CT molecular complexity index is 442. The van der Waals surface area contributed by atoms with Crippen molar-refractivity contribution in [1.82, 2.24) is 4.90 Å². The molecule has 20 heavy (non-hydrogen) atoms. The molecule has 1 rings (SSSR count). The number of ether oxygens (including phenoxy) is 1. The van der Waals surface area contributed by atoms with E-state index in [9.17, 15) is 4.79 Å². The van der Waals surface area contributed by atoms with Crippen LogP contribution in [0.5, 0.6) is 5.75 Å². The molecule has 1 aromatic rings. The van der Waals surface area contributed by atoms with Crippen LogP contribution in [0.4, 0.5) is 0 Å². The first kappa shape index (κ1) is 17.3. The van der Waals surface area contributed by atoms with E-state index in [-0.39, 0.29) is 19.1 Å². The fourth-order valence-electron chi connectivity index (χ4n) is 1.60. The van der Waals surface area contributed by atoms with E-state index in [1.54, 1.807) is 30.1 Å². The van der Waals surface area contributed by atoms with Crippen molar-refractivity contribution in [2.75, 3.05) is 26.8 Å². The van der Waals surface area contributed by atoms with Gasteiger partial charge >= 0.3 is 0 Å². The molecule has 0 saturated carbocycles. The normalized spacial score (nSPS) is 10.4. The smallest absolute Gasteiger partial charge is 0.260 e. The molecule has 0 saturated heterocycles. The topological polar surface area (TPSA) is 49.8 Å². The molecule has 1 aromatic carbocycles. The van der Waals surface area contributed by atoms with E-state index in [1.807, 2.05) is 0 Å². The van der Waals surface area contributed by atoms with Crippen molar-refractivity contribution in [3.8, 4) is 5.75 Å². The average molecular weight is 365 g/mol. The lowest BCUT2D eigenvalue weighted by Gasteiger charge is -2.17. The lowest BCUT2D eigenvalue weighted by molar-refractivity contribution is -0.132. The van der Waals surface area contributed by atoms with Gasteiger partial charge in [-0.2, -0.15) is 0 Å². The average Bonchev–Trinajstić information content (AvgIpc) is 2.42. The Kier molecular flexibility index (Phi) is 7.95. The van der Waals surface area contributed by atoms with Crippen molar-refractivity contribution in [3.63, 3.8) is 0 Å². The zero-order valence-electron chi connectivity index (χ0n) is 11.4. The lowest BCUT2D eigenvalue weighted by Crippen LogP contribution is -2.32. The summed E-state index contributed by atoms with van der Waals surface area (Å²) in [5, 5.41) is 9.29. The Hall–Kier alpha value is -0.780. The number of aliphatic hydroxyl groups excluding tert-OH is 1. The summed E-state index contributed by atoms with van der Waals surface area (Å²) in [6, 6.07) is 5.16. The highest BCUT2D eigenvalue weighted by atomic mass is 79.9. The van der Waals surface area contributed by atoms with Gasteiger partial charge < -0.3 is 14.7 Å². The molecule has 6 heteroatoms. The molecular formula is C14H19BrClNO3. The molecule has 0 spiro atoms. The molecule has 0 aliphatic rings. The quantitative estimate of drug-likeness (QED) is 0.721. The van der Waals surface area contributed by atoms with Crippen molar-refractivity contribution < 1.29 is 14.6 Å². The molecule has 1 N–H and O–H groups in total. The standard InChI is InChI=1S/C14H19BrClNO3/c1-17(7-3-2-4-8-18)14(19)10-20-13-6-5-11(16)9-12(13)15/h5-6,9,18H,2-4,7-8,10H2,1H3. The summed E-state index contributed by atoms with van der Waals surface area (Å²) in [5.41, 5.74) is 0. The second kappa shape index (κ2) is 9.21. The van der Waals surface area contributed by atoms with Gasteiger partial charge in [-0.1, -0.05) is 11.6 Å². The first-order valence-electron chi connectivity index (χ1n) is 6.47. The van der Waals surface area contributed by atoms with Gasteiger partial charge in [0.1, 0.15) is 5.75 Å². The highest BCUT2D eigenvalue weighted by molar-refractivity contribution is 9.10. The first-order chi connectivity index (χ1) is 9.54. The number of benzene rings is 1. The molecule has 0 radical (unpaired) electrons. The maximum atomic E-state index is 11.9. The van der Waals surface area contributed by atoms with Gasteiger partial charge in [-0.3, -0.25) is 4.79 Å². The van der Waals surface area contributed by atoms with E-state index in [0.717, 1.165) is 23.7 Å². The Morgan fingerprint density at radius 3 is 2.80 bits per heavy atom. The number of unbranched alkanes of at least 4 members (excludes halogenated alkanes) is 2. The Balaban J connectivity index is 2.34. The minimum atomic E-state index is -0.0733. The molecule has 0 aliphatic carbocycles. The molecule has 0 aliphatic heterocycles. The fraction of sp³-hybridized carbons (Fsp3) is 0.500. The van der Waals surface area contributed by atoms with Crippen LogP contribution in [0.1, 0.15) is 19.3 Å². The van der Waals surface area contributed by atoms with Crippen LogP contribution in [-0.2, 0) is 4.79 Å². The zero-order chi connectivity index (χ0) is 15.0. The van der Waals surface area contributed by atoms with Crippen LogP contribution < -0.4 is 4.74 Å². The van der Waals surface area contributed by atoms with Crippen LogP contribution in [-0.4, -0.2) is 42.7 Å². The largest absolute Gasteiger partial charge is 0.483 e. The van der Waals surface area contributed by atoms with Gasteiger partial charge in [-0.05, 0) is 53.4 Å². The number of likely N-dealkylation sites (N-methyl/N-ethyl adjacent to an activating group) is 1. The van der Waals surface area contributed by atoms with E-state index >= 15 is 0 Å². The zero-order valence-corrected chi connectivity index (χ0v) is 13.8. The van der Waals surface area contributed by atoms with Gasteiger partial charge in [-0.15, -0.1) is 0 Å². The fourth-order valence-corrected chi connectivity index (χ4v) is 2.40. The number of carbonyl (C=O) groups excluding carboxylic acids is 1. The molecule has 1 amide bonds. The molecule has 0 aromatic heterocycles. The third-order valence-electron chi connectivity index (χ3n) is 2.82. The van der Waals surface area contributed by atoms with E-state index in [4.69, 9.17) is 21.4 Å². The van der Waals surface area contributed by atoms with Crippen LogP contribution in [0.25, 0.3) is 0 Å². The van der Waals surface area contributed by atoms with Crippen LogP contribution in [0.15, 0.2) is 22.7 Å². The molecule has 0 heterocycles. The second-order valence-corrected chi connectivity index (χ2v) is 5.75. The Morgan fingerprint density at radius 1 is 1.40 bits per heavy atom. The van der Waals surface area contributed by atoms with Crippen LogP contribution >= 0.6 is 27.5 Å². The van der Waals surface area contributed by atoms with Gasteiger partial charge in [0.15, 0.2) is 6.61 Å². The number of hydrogen-bond donors (Lipinski definition) is 1. The van der Waals surface area contributed by atoms with Crippen molar-refractivity contribution in [2.24, 2.45) is 0 Å². The number of aliphatic hydroxyl groups is 1. The van der Waals surface area contributed by atoms with Gasteiger partial charge in [0.25, 0.3) is 5.91 Å². The van der Waals surface area contributed by atoms with Crippen molar-refractivity contribution in [2.45, 2.75) is 19.3 Å². The summed E-state index contributed by atoms with van der Waals surface area (Å²) < 4.78 is 6.19. The lowest BCUT2D eigenvalue weighted by atomic mass is 10.2. The number of carbonyl (C=O) groups is 1. The molecule has 112 valence electrons. The minimum absolute atomic E-state index is 0.00324. The predicted molar refractivity (Wildman–Crippen MR) is 83.2 cm³/mol. The maximum absolute atomic E-state index is 11.9. The van der Waals surface area contributed by atoms with Crippen molar-refractivity contribution >= 4 is 33.4 Å². The van der Waals surface area contributed by atoms with Crippen molar-refractivity contribution in [1.29, 1.82) is 0 Å². The molecule has 0 atom stereocenters. The van der Waals surface area contributed by atoms with Crippen LogP contribution in [0.3, 0.4) is 0 Å². The number of rotatable bonds is 8. The summed E-state index contributed by atoms with van der Waals surface area (Å²) in [6.45, 7) is 0.867. The summed E-state index contributed by atoms with van der Waals surface area (Å²) in [5.74, 6) is 0.521. The maximum Gasteiger partial charge on any atom is 0.260 e. The predicted octanol–water partition coefficient (Wildman–Crippen LogP) is 3.10. The molecule has 0 fully saturated rings. The number of halogens is 2. The van der Waals surface area contributed by atoms with Crippen molar-refractivity contribution in [3.05, 3.63) is 27.7 Å². The molecule has 0 unspecified atom stereocenters. The number of amides is 1. The highest BCUT2D eigenvalue weighted by Crippen LogP contribution is 2.27. The number of hydrogen-bond acceptors (Lipinski definition) is 3. The second-order valence-electron chi connectivity index (χ2n) is 4.46. The summed E-state index contributed by atoms with van der Waals surface area (Å²) in [6.07, 6.45) is 2.57. The Morgan fingerprint density at radius 2 is 2.15 bits per heavy atom. The van der Waals surface area contributed by atoms with Gasteiger partial charge in [0, 0.05) is 25.2 Å². The first-order valence-corrected chi connectivity index (χ1v) is 7.64. The molecular weight excluding hydrogens is 346 g/mol. The summed E-state index contributed by atoms with van der Waals surface area (Å²) in [7, 11) is 1.75. The molecule has 4 nitrogen and oxygen atoms in total. The SMILES string of the molecule is CN(CCCCCO)C(=O)COc1ccc(Cl)cc1Br. The van der Waals surface area contributed by atoms with E-state index in [0.29, 0.717) is 17.3 Å². The molecule has 0 bridgehead atoms. The van der Waals surface area contributed by atoms with E-state index in [2.05, 4.69) is 15.9 Å². The summed E-state index contributed by atoms with van der Waals surface area (Å²) >= 11 is 9.17.